The third-order valence-corrected chi connectivity index (χ3v) is 8.77. The van der Waals surface area contributed by atoms with Crippen LogP contribution in [0.25, 0.3) is 0 Å². The van der Waals surface area contributed by atoms with Crippen molar-refractivity contribution in [3.63, 3.8) is 0 Å². The number of amides is 1. The predicted octanol–water partition coefficient (Wildman–Crippen LogP) is 3.96. The molecule has 4 rings (SSSR count). The van der Waals surface area contributed by atoms with E-state index < -0.39 is 9.84 Å². The molecule has 7 heteroatoms. The Kier molecular flexibility index (Phi) is 5.77. The first-order valence-corrected chi connectivity index (χ1v) is 12.9. The lowest BCUT2D eigenvalue weighted by molar-refractivity contribution is -0.117. The summed E-state index contributed by atoms with van der Waals surface area (Å²) in [6.45, 7) is 6.27. The minimum absolute atomic E-state index is 0.0923. The van der Waals surface area contributed by atoms with Gasteiger partial charge in [0, 0.05) is 10.9 Å². The molecule has 2 unspecified atom stereocenters. The van der Waals surface area contributed by atoms with Crippen molar-refractivity contribution in [1.82, 2.24) is 0 Å². The lowest BCUT2D eigenvalue weighted by Gasteiger charge is -2.25. The fraction of sp³-hybridized carbons (Fsp3) is 0.391. The normalized spacial score (nSPS) is 23.9. The summed E-state index contributed by atoms with van der Waals surface area (Å²) in [5.41, 5.74) is 4.14. The third-order valence-electron chi connectivity index (χ3n) is 5.56. The van der Waals surface area contributed by atoms with Crippen LogP contribution in [0, 0.1) is 6.92 Å². The van der Waals surface area contributed by atoms with Gasteiger partial charge in [-0.3, -0.25) is 4.79 Å². The number of benzene rings is 2. The van der Waals surface area contributed by atoms with Crippen LogP contribution >= 0.6 is 11.8 Å². The van der Waals surface area contributed by atoms with Crippen molar-refractivity contribution < 1.29 is 13.2 Å². The second kappa shape index (κ2) is 8.19. The molecule has 0 aromatic heterocycles. The molecule has 0 aliphatic carbocycles. The van der Waals surface area contributed by atoms with Crippen molar-refractivity contribution in [2.45, 2.75) is 44.4 Å². The number of carbonyl (C=O) groups is 1. The van der Waals surface area contributed by atoms with Crippen molar-refractivity contribution in [3.05, 3.63) is 65.2 Å². The topological polar surface area (TPSA) is 66.8 Å². The molecule has 0 spiro atoms. The maximum atomic E-state index is 12.7. The van der Waals surface area contributed by atoms with Crippen LogP contribution in [0.5, 0.6) is 0 Å². The van der Waals surface area contributed by atoms with Crippen LogP contribution in [-0.4, -0.2) is 42.3 Å². The molecule has 2 aliphatic heterocycles. The molecule has 2 atom stereocenters. The zero-order valence-corrected chi connectivity index (χ0v) is 19.0. The summed E-state index contributed by atoms with van der Waals surface area (Å²) >= 11 is 1.41. The molecular weight excluding hydrogens is 416 g/mol. The van der Waals surface area contributed by atoms with Gasteiger partial charge in [-0.15, -0.1) is 0 Å². The van der Waals surface area contributed by atoms with E-state index in [4.69, 9.17) is 0 Å². The minimum atomic E-state index is -3.08. The molecule has 2 saturated heterocycles. The fourth-order valence-corrected chi connectivity index (χ4v) is 7.96. The van der Waals surface area contributed by atoms with Gasteiger partial charge >= 0.3 is 0 Å². The van der Waals surface area contributed by atoms with E-state index in [2.05, 4.69) is 31.0 Å². The number of rotatable bonds is 4. The van der Waals surface area contributed by atoms with Gasteiger partial charge in [-0.05, 0) is 36.1 Å². The monoisotopic (exact) mass is 442 g/mol. The highest BCUT2D eigenvalue weighted by atomic mass is 32.2. The smallest absolute Gasteiger partial charge is 0.252 e. The molecular formula is C23H26N2O3S2. The first kappa shape index (κ1) is 21.1. The number of anilines is 1. The number of amidine groups is 1. The zero-order valence-electron chi connectivity index (χ0n) is 17.4. The molecule has 0 N–H and O–H groups in total. The molecule has 0 bridgehead atoms. The molecule has 2 aliphatic rings. The van der Waals surface area contributed by atoms with E-state index in [0.717, 1.165) is 16.8 Å². The van der Waals surface area contributed by atoms with Crippen LogP contribution in [-0.2, 0) is 21.1 Å². The number of carbonyl (C=O) groups excluding carboxylic acids is 1. The first-order valence-electron chi connectivity index (χ1n) is 10.2. The van der Waals surface area contributed by atoms with Crippen molar-refractivity contribution in [2.75, 3.05) is 16.4 Å². The molecule has 2 heterocycles. The number of hydrogen-bond donors (Lipinski definition) is 0. The Morgan fingerprint density at radius 1 is 1.17 bits per heavy atom. The average Bonchev–Trinajstić information content (AvgIpc) is 3.12. The lowest BCUT2D eigenvalue weighted by Crippen LogP contribution is -2.37. The second-order valence-electron chi connectivity index (χ2n) is 8.37. The number of hydrogen-bond acceptors (Lipinski definition) is 4. The molecule has 5 nitrogen and oxygen atoms in total. The van der Waals surface area contributed by atoms with Crippen molar-refractivity contribution in [1.29, 1.82) is 0 Å². The number of fused-ring (bicyclic) bond motifs is 1. The van der Waals surface area contributed by atoms with E-state index in [-0.39, 0.29) is 35.1 Å². The SMILES string of the molecule is Cc1cccc(CC(=O)N=C2SC3CS(=O)(=O)CC3N2c2ccc(C(C)C)cc2)c1. The minimum Gasteiger partial charge on any atom is -0.316 e. The number of sulfone groups is 1. The number of aliphatic imine (C=N–C) groups is 1. The lowest BCUT2D eigenvalue weighted by atomic mass is 10.0. The van der Waals surface area contributed by atoms with Gasteiger partial charge in [0.1, 0.15) is 0 Å². The number of nitrogens with zero attached hydrogens (tertiary/aromatic N) is 2. The largest absolute Gasteiger partial charge is 0.316 e. The quantitative estimate of drug-likeness (QED) is 0.717. The number of thioether (sulfide) groups is 1. The van der Waals surface area contributed by atoms with Gasteiger partial charge in [0.25, 0.3) is 5.91 Å². The summed E-state index contributed by atoms with van der Waals surface area (Å²) in [5.74, 6) is 0.431. The van der Waals surface area contributed by atoms with E-state index in [1.807, 2.05) is 48.2 Å². The van der Waals surface area contributed by atoms with E-state index in [0.29, 0.717) is 11.1 Å². The Morgan fingerprint density at radius 2 is 1.90 bits per heavy atom. The summed E-state index contributed by atoms with van der Waals surface area (Å²) < 4.78 is 24.4. The summed E-state index contributed by atoms with van der Waals surface area (Å²) in [7, 11) is -3.08. The Labute approximate surface area is 182 Å². The Balaban J connectivity index is 1.63. The molecule has 1 amide bonds. The molecule has 2 aromatic rings. The third kappa shape index (κ3) is 4.47. The van der Waals surface area contributed by atoms with Crippen LogP contribution in [0.2, 0.25) is 0 Å². The molecule has 0 radical (unpaired) electrons. The maximum Gasteiger partial charge on any atom is 0.252 e. The predicted molar refractivity (Wildman–Crippen MR) is 124 cm³/mol. The van der Waals surface area contributed by atoms with Crippen LogP contribution in [0.4, 0.5) is 5.69 Å². The molecule has 2 fully saturated rings. The highest BCUT2D eigenvalue weighted by Crippen LogP contribution is 2.41. The molecule has 0 saturated carbocycles. The van der Waals surface area contributed by atoms with Crippen LogP contribution in [0.15, 0.2) is 53.5 Å². The van der Waals surface area contributed by atoms with E-state index in [1.54, 1.807) is 0 Å². The van der Waals surface area contributed by atoms with Crippen LogP contribution in [0.3, 0.4) is 0 Å². The highest BCUT2D eigenvalue weighted by Gasteiger charge is 2.49. The molecule has 30 heavy (non-hydrogen) atoms. The van der Waals surface area contributed by atoms with Gasteiger partial charge in [0.2, 0.25) is 0 Å². The summed E-state index contributed by atoms with van der Waals surface area (Å²) in [4.78, 5) is 19.1. The van der Waals surface area contributed by atoms with E-state index in [1.165, 1.54) is 17.3 Å². The van der Waals surface area contributed by atoms with E-state index in [9.17, 15) is 13.2 Å². The van der Waals surface area contributed by atoms with Gasteiger partial charge in [0.05, 0.1) is 24.0 Å². The van der Waals surface area contributed by atoms with Gasteiger partial charge < -0.3 is 4.90 Å². The molecule has 2 aromatic carbocycles. The number of aryl methyl sites for hydroxylation is 1. The van der Waals surface area contributed by atoms with E-state index >= 15 is 0 Å². The van der Waals surface area contributed by atoms with Crippen molar-refractivity contribution in [3.8, 4) is 0 Å². The van der Waals surface area contributed by atoms with Crippen molar-refractivity contribution >= 4 is 38.4 Å². The summed E-state index contributed by atoms with van der Waals surface area (Å²) in [6, 6.07) is 15.8. The van der Waals surface area contributed by atoms with Crippen LogP contribution < -0.4 is 4.90 Å². The summed E-state index contributed by atoms with van der Waals surface area (Å²) in [6.07, 6.45) is 0.236. The Hall–Kier alpha value is -2.12. The standard InChI is InChI=1S/C23H26N2O3S2/c1-15(2)18-7-9-19(10-8-18)25-20-13-30(27,28)14-21(20)29-23(25)24-22(26)12-17-6-4-5-16(3)11-17/h4-11,15,20-21H,12-14H2,1-3H3. The maximum absolute atomic E-state index is 12.7. The van der Waals surface area contributed by atoms with Gasteiger partial charge in [-0.25, -0.2) is 8.42 Å². The summed E-state index contributed by atoms with van der Waals surface area (Å²) in [5, 5.41) is 0.514. The van der Waals surface area contributed by atoms with Crippen molar-refractivity contribution in [2.24, 2.45) is 4.99 Å². The Bertz CT molecular complexity index is 1090. The van der Waals surface area contributed by atoms with Crippen LogP contribution in [0.1, 0.15) is 36.5 Å². The van der Waals surface area contributed by atoms with Gasteiger partial charge in [-0.1, -0.05) is 67.6 Å². The fourth-order valence-electron chi connectivity index (χ4n) is 4.03. The zero-order chi connectivity index (χ0) is 21.5. The highest BCUT2D eigenvalue weighted by molar-refractivity contribution is 8.16. The second-order valence-corrected chi connectivity index (χ2v) is 11.7. The molecule has 158 valence electrons. The van der Waals surface area contributed by atoms with Gasteiger partial charge in [0.15, 0.2) is 15.0 Å². The Morgan fingerprint density at radius 3 is 2.57 bits per heavy atom. The first-order chi connectivity index (χ1) is 14.2. The van der Waals surface area contributed by atoms with Gasteiger partial charge in [-0.2, -0.15) is 4.99 Å². The average molecular weight is 443 g/mol.